The van der Waals surface area contributed by atoms with Crippen molar-refractivity contribution < 1.29 is 19.2 Å². The molecule has 0 aromatic heterocycles. The van der Waals surface area contributed by atoms with Crippen molar-refractivity contribution in [1.29, 1.82) is 0 Å². The van der Waals surface area contributed by atoms with E-state index in [-0.39, 0.29) is 21.2 Å². The Bertz CT molecular complexity index is 1150. The lowest BCUT2D eigenvalue weighted by Gasteiger charge is -2.34. The summed E-state index contributed by atoms with van der Waals surface area (Å²) in [4.78, 5) is 53.4. The van der Waals surface area contributed by atoms with E-state index < -0.39 is 41.4 Å². The number of allylic oxidation sites excluding steroid dienone is 2. The van der Waals surface area contributed by atoms with Gasteiger partial charge in [0.25, 0.3) is 17.7 Å². The number of fused-ring (bicyclic) bond motifs is 1. The van der Waals surface area contributed by atoms with Gasteiger partial charge in [0.15, 0.2) is 5.78 Å². The van der Waals surface area contributed by atoms with Crippen LogP contribution < -0.4 is 0 Å². The second-order valence-electron chi connectivity index (χ2n) is 7.97. The number of Topliss-reactive ketones (excluding diaryl/α,β-unsaturated/α-hetero) is 1. The van der Waals surface area contributed by atoms with Crippen LogP contribution in [-0.4, -0.2) is 39.6 Å². The first-order chi connectivity index (χ1) is 15.7. The van der Waals surface area contributed by atoms with Gasteiger partial charge in [0.1, 0.15) is 6.04 Å². The number of rotatable bonds is 5. The molecule has 1 fully saturated rings. The van der Waals surface area contributed by atoms with Crippen LogP contribution in [0.2, 0.25) is 15.1 Å². The average Bonchev–Trinajstić information content (AvgIpc) is 3.06. The molecule has 3 atom stereocenters. The topological polar surface area (TPSA) is 74.8 Å². The second kappa shape index (κ2) is 9.29. The fourth-order valence-corrected chi connectivity index (χ4v) is 4.59. The molecule has 9 heteroatoms. The molecule has 0 radical (unpaired) electrons. The zero-order chi connectivity index (χ0) is 23.9. The molecule has 4 rings (SSSR count). The summed E-state index contributed by atoms with van der Waals surface area (Å²) in [5, 5.41) is 2.61. The number of nitrogens with zero attached hydrogens (tertiary/aromatic N) is 2. The first-order valence-electron chi connectivity index (χ1n) is 10.3. The summed E-state index contributed by atoms with van der Waals surface area (Å²) < 4.78 is 0. The molecule has 1 heterocycles. The number of amides is 3. The Hall–Kier alpha value is -2.67. The van der Waals surface area contributed by atoms with Gasteiger partial charge in [-0.3, -0.25) is 19.2 Å². The van der Waals surface area contributed by atoms with Crippen LogP contribution in [0.4, 0.5) is 0 Å². The molecular weight excluding hydrogens is 487 g/mol. The van der Waals surface area contributed by atoms with Crippen molar-refractivity contribution in [2.45, 2.75) is 25.8 Å². The molecule has 0 N–H and O–H groups in total. The highest BCUT2D eigenvalue weighted by molar-refractivity contribution is 6.42. The number of ketones is 1. The Morgan fingerprint density at radius 1 is 0.879 bits per heavy atom. The van der Waals surface area contributed by atoms with E-state index in [9.17, 15) is 19.2 Å². The van der Waals surface area contributed by atoms with Crippen molar-refractivity contribution in [2.24, 2.45) is 11.8 Å². The molecule has 170 valence electrons. The van der Waals surface area contributed by atoms with Gasteiger partial charge in [0.2, 0.25) is 0 Å². The zero-order valence-corrected chi connectivity index (χ0v) is 19.8. The highest BCUT2D eigenvalue weighted by atomic mass is 35.5. The lowest BCUT2D eigenvalue weighted by molar-refractivity contribution is -0.156. The SMILES string of the molecule is C[C@@H](C(=O)c1ccc(Cl)cc1)N(C(=O)c1ccc(Cl)c(Cl)c1)N1C(=O)[C@H]2CC=CC[C@H]2C1=O. The van der Waals surface area contributed by atoms with Gasteiger partial charge < -0.3 is 0 Å². The Balaban J connectivity index is 1.76. The minimum Gasteiger partial charge on any atom is -0.292 e. The van der Waals surface area contributed by atoms with Crippen LogP contribution in [0.1, 0.15) is 40.5 Å². The molecule has 0 saturated carbocycles. The third-order valence-corrected chi connectivity index (χ3v) is 6.94. The van der Waals surface area contributed by atoms with E-state index in [0.29, 0.717) is 17.9 Å². The van der Waals surface area contributed by atoms with Crippen LogP contribution in [0.25, 0.3) is 0 Å². The molecule has 1 aliphatic carbocycles. The van der Waals surface area contributed by atoms with Crippen molar-refractivity contribution >= 4 is 58.3 Å². The predicted molar refractivity (Wildman–Crippen MR) is 125 cm³/mol. The monoisotopic (exact) mass is 504 g/mol. The van der Waals surface area contributed by atoms with Gasteiger partial charge in [0, 0.05) is 16.1 Å². The molecule has 0 bridgehead atoms. The molecule has 0 spiro atoms. The summed E-state index contributed by atoms with van der Waals surface area (Å²) in [6.07, 6.45) is 4.51. The van der Waals surface area contributed by atoms with E-state index in [4.69, 9.17) is 34.8 Å². The van der Waals surface area contributed by atoms with Crippen molar-refractivity contribution in [2.75, 3.05) is 0 Å². The summed E-state index contributed by atoms with van der Waals surface area (Å²) in [5.41, 5.74) is 0.380. The van der Waals surface area contributed by atoms with Gasteiger partial charge in [-0.15, -0.1) is 0 Å². The van der Waals surface area contributed by atoms with E-state index >= 15 is 0 Å². The standard InChI is InChI=1S/C24H19Cl3N2O4/c1-13(21(30)14-6-9-16(25)10-7-14)28(22(31)15-8-11-19(26)20(27)12-15)29-23(32)17-4-2-3-5-18(17)24(29)33/h2-3,6-13,17-18H,4-5H2,1H3/t13-,17-,18+/m0/s1. The summed E-state index contributed by atoms with van der Waals surface area (Å²) in [6.45, 7) is 1.48. The van der Waals surface area contributed by atoms with Crippen molar-refractivity contribution in [3.8, 4) is 0 Å². The summed E-state index contributed by atoms with van der Waals surface area (Å²) in [5.74, 6) is -3.30. The van der Waals surface area contributed by atoms with Crippen molar-refractivity contribution in [1.82, 2.24) is 10.0 Å². The normalized spacial score (nSPS) is 20.5. The average molecular weight is 506 g/mol. The maximum absolute atomic E-state index is 13.6. The molecule has 0 unspecified atom stereocenters. The summed E-state index contributed by atoms with van der Waals surface area (Å²) >= 11 is 18.0. The van der Waals surface area contributed by atoms with Crippen LogP contribution in [0, 0.1) is 11.8 Å². The second-order valence-corrected chi connectivity index (χ2v) is 9.22. The number of hydrazine groups is 1. The molecular formula is C24H19Cl3N2O4. The number of carbonyl (C=O) groups excluding carboxylic acids is 4. The van der Waals surface area contributed by atoms with E-state index in [1.54, 1.807) is 12.1 Å². The van der Waals surface area contributed by atoms with Gasteiger partial charge in [-0.25, -0.2) is 5.01 Å². The summed E-state index contributed by atoms with van der Waals surface area (Å²) in [6, 6.07) is 9.23. The maximum atomic E-state index is 13.6. The zero-order valence-electron chi connectivity index (χ0n) is 17.5. The first kappa shape index (κ1) is 23.5. The largest absolute Gasteiger partial charge is 0.292 e. The summed E-state index contributed by atoms with van der Waals surface area (Å²) in [7, 11) is 0. The van der Waals surface area contributed by atoms with Crippen molar-refractivity contribution in [3.05, 3.63) is 80.8 Å². The minimum absolute atomic E-state index is 0.0914. The molecule has 6 nitrogen and oxygen atoms in total. The predicted octanol–water partition coefficient (Wildman–Crippen LogP) is 5.23. The fourth-order valence-electron chi connectivity index (χ4n) is 4.16. The lowest BCUT2D eigenvalue weighted by Crippen LogP contribution is -2.56. The Kier molecular flexibility index (Phi) is 6.61. The van der Waals surface area contributed by atoms with Crippen LogP contribution in [-0.2, 0) is 9.59 Å². The molecule has 2 aromatic carbocycles. The fraction of sp³-hybridized carbons (Fsp3) is 0.250. The smallest absolute Gasteiger partial charge is 0.273 e. The van der Waals surface area contributed by atoms with Gasteiger partial charge >= 0.3 is 0 Å². The number of benzene rings is 2. The van der Waals surface area contributed by atoms with Crippen LogP contribution in [0.3, 0.4) is 0 Å². The lowest BCUT2D eigenvalue weighted by atomic mass is 9.85. The Morgan fingerprint density at radius 3 is 1.97 bits per heavy atom. The minimum atomic E-state index is -1.16. The van der Waals surface area contributed by atoms with E-state index in [2.05, 4.69) is 0 Å². The highest BCUT2D eigenvalue weighted by Crippen LogP contribution is 2.37. The van der Waals surface area contributed by atoms with Crippen LogP contribution in [0.5, 0.6) is 0 Å². The Morgan fingerprint density at radius 2 is 1.42 bits per heavy atom. The van der Waals surface area contributed by atoms with E-state index in [0.717, 1.165) is 10.0 Å². The van der Waals surface area contributed by atoms with Gasteiger partial charge in [-0.2, -0.15) is 5.01 Å². The van der Waals surface area contributed by atoms with Crippen molar-refractivity contribution in [3.63, 3.8) is 0 Å². The Labute approximate surface area is 205 Å². The third-order valence-electron chi connectivity index (χ3n) is 5.95. The number of hydrogen-bond acceptors (Lipinski definition) is 4. The molecule has 2 aromatic rings. The number of imide groups is 1. The molecule has 33 heavy (non-hydrogen) atoms. The van der Waals surface area contributed by atoms with Gasteiger partial charge in [-0.1, -0.05) is 47.0 Å². The van der Waals surface area contributed by atoms with Gasteiger partial charge in [-0.05, 0) is 62.2 Å². The van der Waals surface area contributed by atoms with Crippen LogP contribution in [0.15, 0.2) is 54.6 Å². The van der Waals surface area contributed by atoms with E-state index in [1.165, 1.54) is 37.3 Å². The molecule has 2 aliphatic rings. The quantitative estimate of drug-likeness (QED) is 0.317. The van der Waals surface area contributed by atoms with Gasteiger partial charge in [0.05, 0.1) is 21.9 Å². The molecule has 3 amide bonds. The number of halogens is 3. The number of carbonyl (C=O) groups is 4. The van der Waals surface area contributed by atoms with E-state index in [1.807, 2.05) is 12.2 Å². The highest BCUT2D eigenvalue weighted by Gasteiger charge is 2.52. The van der Waals surface area contributed by atoms with Crippen LogP contribution >= 0.6 is 34.8 Å². The molecule has 1 aliphatic heterocycles. The molecule has 1 saturated heterocycles. The first-order valence-corrected chi connectivity index (χ1v) is 11.4. The maximum Gasteiger partial charge on any atom is 0.273 e. The number of hydrogen-bond donors (Lipinski definition) is 0. The third kappa shape index (κ3) is 4.31.